The maximum atomic E-state index is 12.5. The standard InChI is InChI=1S/C29H26ClNO4S2/c1-3-34-27(32)29(14-15-29)22-12-10-20(11-13-22)19-6-8-21(9-7-19)26-23(17-25(30)37-26)31-28(33)35-18(2)24-5-4-16-36-24/h4-13,16-18H,3,14-15H2,1-2H3,(H,31,33)/t18-/m1/s1. The first-order valence-corrected chi connectivity index (χ1v) is 14.2. The third kappa shape index (κ3) is 5.44. The first-order valence-electron chi connectivity index (χ1n) is 12.1. The predicted molar refractivity (Wildman–Crippen MR) is 151 cm³/mol. The van der Waals surface area contributed by atoms with Crippen molar-refractivity contribution in [3.8, 4) is 21.6 Å². The molecule has 0 unspecified atom stereocenters. The van der Waals surface area contributed by atoms with Gasteiger partial charge in [0.05, 0.1) is 26.9 Å². The summed E-state index contributed by atoms with van der Waals surface area (Å²) in [5, 5.41) is 4.80. The summed E-state index contributed by atoms with van der Waals surface area (Å²) in [6.45, 7) is 4.08. The summed E-state index contributed by atoms with van der Waals surface area (Å²) in [5.74, 6) is -0.129. The maximum absolute atomic E-state index is 12.5. The zero-order valence-corrected chi connectivity index (χ0v) is 22.8. The summed E-state index contributed by atoms with van der Waals surface area (Å²) >= 11 is 9.25. The minimum atomic E-state index is -0.524. The molecule has 2 aromatic carbocycles. The Bertz CT molecular complexity index is 1390. The molecule has 0 radical (unpaired) electrons. The van der Waals surface area contributed by atoms with Crippen molar-refractivity contribution in [1.82, 2.24) is 0 Å². The average Bonchev–Trinajstić information content (AvgIpc) is 3.35. The monoisotopic (exact) mass is 551 g/mol. The Balaban J connectivity index is 1.29. The maximum Gasteiger partial charge on any atom is 0.412 e. The number of benzene rings is 2. The number of carbonyl (C=O) groups excluding carboxylic acids is 2. The number of rotatable bonds is 8. The number of nitrogens with one attached hydrogen (secondary N) is 1. The van der Waals surface area contributed by atoms with Crippen molar-refractivity contribution in [3.05, 3.63) is 86.9 Å². The lowest BCUT2D eigenvalue weighted by Crippen LogP contribution is -2.23. The van der Waals surface area contributed by atoms with E-state index in [1.807, 2.05) is 79.9 Å². The molecular weight excluding hydrogens is 526 g/mol. The zero-order valence-electron chi connectivity index (χ0n) is 20.5. The van der Waals surface area contributed by atoms with Crippen LogP contribution in [0, 0.1) is 0 Å². The van der Waals surface area contributed by atoms with Gasteiger partial charge in [-0.05, 0) is 66.5 Å². The molecule has 4 aromatic rings. The minimum Gasteiger partial charge on any atom is -0.465 e. The van der Waals surface area contributed by atoms with Crippen molar-refractivity contribution in [2.45, 2.75) is 38.2 Å². The average molecular weight is 552 g/mol. The number of ether oxygens (including phenoxy) is 2. The van der Waals surface area contributed by atoms with Crippen molar-refractivity contribution >= 4 is 52.0 Å². The number of amides is 1. The van der Waals surface area contributed by atoms with Crippen LogP contribution in [-0.2, 0) is 19.7 Å². The molecule has 1 aliphatic carbocycles. The number of thiophene rings is 2. The Labute approximate surface area is 229 Å². The number of halogens is 1. The fourth-order valence-electron chi connectivity index (χ4n) is 4.35. The molecule has 2 heterocycles. The molecule has 0 aliphatic heterocycles. The molecule has 1 atom stereocenters. The first kappa shape index (κ1) is 25.5. The Hall–Kier alpha value is -3.13. The molecule has 5 rings (SSSR count). The summed E-state index contributed by atoms with van der Waals surface area (Å²) in [6, 6.07) is 21.8. The topological polar surface area (TPSA) is 64.6 Å². The van der Waals surface area contributed by atoms with E-state index in [2.05, 4.69) is 5.32 Å². The quantitative estimate of drug-likeness (QED) is 0.222. The van der Waals surface area contributed by atoms with E-state index in [1.54, 1.807) is 17.4 Å². The van der Waals surface area contributed by atoms with Crippen molar-refractivity contribution in [3.63, 3.8) is 0 Å². The van der Waals surface area contributed by atoms with Gasteiger partial charge in [-0.15, -0.1) is 22.7 Å². The molecule has 8 heteroatoms. The summed E-state index contributed by atoms with van der Waals surface area (Å²) in [5.41, 5.74) is 4.21. The highest BCUT2D eigenvalue weighted by Gasteiger charge is 2.52. The van der Waals surface area contributed by atoms with E-state index >= 15 is 0 Å². The van der Waals surface area contributed by atoms with Crippen molar-refractivity contribution in [2.75, 3.05) is 11.9 Å². The lowest BCUT2D eigenvalue weighted by atomic mass is 9.93. The summed E-state index contributed by atoms with van der Waals surface area (Å²) < 4.78 is 11.4. The van der Waals surface area contributed by atoms with Gasteiger partial charge in [-0.25, -0.2) is 4.79 Å². The van der Waals surface area contributed by atoms with Crippen molar-refractivity contribution in [1.29, 1.82) is 0 Å². The van der Waals surface area contributed by atoms with E-state index in [4.69, 9.17) is 21.1 Å². The lowest BCUT2D eigenvalue weighted by molar-refractivity contribution is -0.146. The molecule has 0 saturated heterocycles. The van der Waals surface area contributed by atoms with Gasteiger partial charge in [0.15, 0.2) is 0 Å². The van der Waals surface area contributed by atoms with E-state index < -0.39 is 11.5 Å². The molecule has 37 heavy (non-hydrogen) atoms. The van der Waals surface area contributed by atoms with Gasteiger partial charge < -0.3 is 9.47 Å². The summed E-state index contributed by atoms with van der Waals surface area (Å²) in [6.07, 6.45) is 0.806. The largest absolute Gasteiger partial charge is 0.465 e. The predicted octanol–water partition coefficient (Wildman–Crippen LogP) is 8.70. The third-order valence-corrected chi connectivity index (χ3v) is 8.85. The minimum absolute atomic E-state index is 0.129. The second kappa shape index (κ2) is 10.7. The Morgan fingerprint density at radius 3 is 2.27 bits per heavy atom. The fourth-order valence-corrected chi connectivity index (χ4v) is 6.25. The van der Waals surface area contributed by atoms with Crippen LogP contribution in [0.4, 0.5) is 10.5 Å². The number of hydrogen-bond donors (Lipinski definition) is 1. The molecule has 1 fully saturated rings. The molecule has 0 bridgehead atoms. The molecule has 1 saturated carbocycles. The summed E-state index contributed by atoms with van der Waals surface area (Å²) in [7, 11) is 0. The van der Waals surface area contributed by atoms with Crippen LogP contribution < -0.4 is 5.32 Å². The van der Waals surface area contributed by atoms with Gasteiger partial charge >= 0.3 is 12.1 Å². The van der Waals surface area contributed by atoms with Gasteiger partial charge in [0.25, 0.3) is 0 Å². The van der Waals surface area contributed by atoms with Crippen molar-refractivity contribution < 1.29 is 19.1 Å². The highest BCUT2D eigenvalue weighted by Crippen LogP contribution is 2.49. The van der Waals surface area contributed by atoms with E-state index in [1.165, 1.54) is 11.3 Å². The first-order chi connectivity index (χ1) is 17.9. The SMILES string of the molecule is CCOC(=O)C1(c2ccc(-c3ccc(-c4sc(Cl)cc4NC(=O)O[C@H](C)c4cccs4)cc3)cc2)CC1. The van der Waals surface area contributed by atoms with Gasteiger partial charge in [0.2, 0.25) is 0 Å². The normalized spacial score (nSPS) is 14.6. The van der Waals surface area contributed by atoms with Gasteiger partial charge in [0.1, 0.15) is 6.10 Å². The number of esters is 1. The lowest BCUT2D eigenvalue weighted by Gasteiger charge is -2.15. The molecule has 1 amide bonds. The highest BCUT2D eigenvalue weighted by atomic mass is 35.5. The number of hydrogen-bond acceptors (Lipinski definition) is 6. The summed E-state index contributed by atoms with van der Waals surface area (Å²) in [4.78, 5) is 26.8. The smallest absolute Gasteiger partial charge is 0.412 e. The van der Waals surface area contributed by atoms with E-state index in [9.17, 15) is 9.59 Å². The van der Waals surface area contributed by atoms with Crippen LogP contribution in [-0.4, -0.2) is 18.7 Å². The molecule has 1 N–H and O–H groups in total. The molecule has 2 aromatic heterocycles. The van der Waals surface area contributed by atoms with Gasteiger partial charge in [0, 0.05) is 4.88 Å². The van der Waals surface area contributed by atoms with Crippen LogP contribution in [0.1, 0.15) is 43.2 Å². The Kier molecular flexibility index (Phi) is 7.38. The molecular formula is C29H26ClNO4S2. The molecule has 0 spiro atoms. The van der Waals surface area contributed by atoms with Crippen LogP contribution in [0.5, 0.6) is 0 Å². The van der Waals surface area contributed by atoms with Crippen LogP contribution >= 0.6 is 34.3 Å². The van der Waals surface area contributed by atoms with E-state index in [0.29, 0.717) is 16.6 Å². The number of anilines is 1. The third-order valence-electron chi connectivity index (χ3n) is 6.50. The van der Waals surface area contributed by atoms with Crippen LogP contribution in [0.2, 0.25) is 4.34 Å². The van der Waals surface area contributed by atoms with Crippen LogP contribution in [0.25, 0.3) is 21.6 Å². The van der Waals surface area contributed by atoms with Crippen molar-refractivity contribution in [2.24, 2.45) is 0 Å². The molecule has 5 nitrogen and oxygen atoms in total. The second-order valence-corrected chi connectivity index (χ2v) is 11.6. The molecule has 190 valence electrons. The highest BCUT2D eigenvalue weighted by molar-refractivity contribution is 7.20. The van der Waals surface area contributed by atoms with E-state index in [0.717, 1.165) is 44.8 Å². The molecule has 1 aliphatic rings. The Morgan fingerprint density at radius 2 is 1.68 bits per heavy atom. The fraction of sp³-hybridized carbons (Fsp3) is 0.241. The van der Waals surface area contributed by atoms with Crippen LogP contribution in [0.3, 0.4) is 0 Å². The zero-order chi connectivity index (χ0) is 26.0. The second-order valence-electron chi connectivity index (χ2n) is 8.94. The van der Waals surface area contributed by atoms with Gasteiger partial charge in [-0.2, -0.15) is 0 Å². The van der Waals surface area contributed by atoms with E-state index in [-0.39, 0.29) is 12.1 Å². The van der Waals surface area contributed by atoms with Gasteiger partial charge in [-0.3, -0.25) is 10.1 Å². The van der Waals surface area contributed by atoms with Crippen LogP contribution in [0.15, 0.2) is 72.1 Å². The van der Waals surface area contributed by atoms with Gasteiger partial charge in [-0.1, -0.05) is 66.2 Å². The Morgan fingerprint density at radius 1 is 1.03 bits per heavy atom. The number of carbonyl (C=O) groups is 2.